The highest BCUT2D eigenvalue weighted by Crippen LogP contribution is 2.25. The van der Waals surface area contributed by atoms with Gasteiger partial charge in [0, 0.05) is 17.5 Å². The van der Waals surface area contributed by atoms with Gasteiger partial charge in [-0.05, 0) is 43.2 Å². The van der Waals surface area contributed by atoms with E-state index in [0.717, 1.165) is 32.9 Å². The largest absolute Gasteiger partial charge is 0.373 e. The Kier molecular flexibility index (Phi) is 2.53. The Morgan fingerprint density at radius 1 is 1.13 bits per heavy atom. The maximum Gasteiger partial charge on any atom is 0.129 e. The van der Waals surface area contributed by atoms with Crippen LogP contribution < -0.4 is 5.32 Å². The Morgan fingerprint density at radius 3 is 2.53 bits per heavy atom. The van der Waals surface area contributed by atoms with E-state index in [2.05, 4.69) is 16.4 Å². The Morgan fingerprint density at radius 2 is 1.87 bits per heavy atom. The molecule has 1 aromatic heterocycles. The zero-order chi connectivity index (χ0) is 11.0. The molecule has 0 atom stereocenters. The number of pyridine rings is 1. The van der Waals surface area contributed by atoms with Crippen LogP contribution in [-0.4, -0.2) is 12.0 Å². The van der Waals surface area contributed by atoms with Gasteiger partial charge >= 0.3 is 0 Å². The first-order chi connectivity index (χ1) is 7.11. The summed E-state index contributed by atoms with van der Waals surface area (Å²) < 4.78 is 0. The molecule has 15 heavy (non-hydrogen) atoms. The maximum absolute atomic E-state index is 6.01. The van der Waals surface area contributed by atoms with Crippen molar-refractivity contribution in [1.82, 2.24) is 4.98 Å². The summed E-state index contributed by atoms with van der Waals surface area (Å²) in [6.45, 7) is 4.06. The standard InChI is InChI=1S/C12H13ClN2/c1-7-5-10(13)6-9-4-8(2)12(14-3)15-11(7)9/h4-6H,1-3H3,(H,14,15). The number of halogens is 1. The molecule has 0 aliphatic carbocycles. The molecule has 0 aliphatic heterocycles. The highest BCUT2D eigenvalue weighted by Gasteiger charge is 2.05. The lowest BCUT2D eigenvalue weighted by Crippen LogP contribution is -1.96. The Labute approximate surface area is 94.3 Å². The minimum Gasteiger partial charge on any atom is -0.373 e. The van der Waals surface area contributed by atoms with Crippen molar-refractivity contribution in [2.75, 3.05) is 12.4 Å². The summed E-state index contributed by atoms with van der Waals surface area (Å²) in [6.07, 6.45) is 0. The molecular formula is C12H13ClN2. The van der Waals surface area contributed by atoms with E-state index in [1.807, 2.05) is 33.0 Å². The van der Waals surface area contributed by atoms with Crippen molar-refractivity contribution in [2.24, 2.45) is 0 Å². The minimum atomic E-state index is 0.762. The number of nitrogens with zero attached hydrogens (tertiary/aromatic N) is 1. The zero-order valence-electron chi connectivity index (χ0n) is 9.06. The summed E-state index contributed by atoms with van der Waals surface area (Å²) in [6, 6.07) is 5.99. The van der Waals surface area contributed by atoms with Gasteiger partial charge in [-0.25, -0.2) is 4.98 Å². The molecule has 1 N–H and O–H groups in total. The van der Waals surface area contributed by atoms with Gasteiger partial charge in [0.25, 0.3) is 0 Å². The average Bonchev–Trinajstić information content (AvgIpc) is 2.16. The van der Waals surface area contributed by atoms with Gasteiger partial charge in [0.1, 0.15) is 5.82 Å². The first-order valence-electron chi connectivity index (χ1n) is 4.87. The van der Waals surface area contributed by atoms with E-state index < -0.39 is 0 Å². The van der Waals surface area contributed by atoms with E-state index in [1.165, 1.54) is 0 Å². The van der Waals surface area contributed by atoms with Gasteiger partial charge in [0.05, 0.1) is 5.52 Å². The van der Waals surface area contributed by atoms with Crippen molar-refractivity contribution in [3.05, 3.63) is 34.3 Å². The van der Waals surface area contributed by atoms with Gasteiger partial charge in [0.2, 0.25) is 0 Å². The second kappa shape index (κ2) is 3.70. The molecule has 0 saturated carbocycles. The Balaban J connectivity index is 2.81. The van der Waals surface area contributed by atoms with Crippen LogP contribution in [0.25, 0.3) is 10.9 Å². The molecule has 1 aromatic carbocycles. The third-order valence-corrected chi connectivity index (χ3v) is 2.72. The smallest absolute Gasteiger partial charge is 0.129 e. The molecule has 2 aromatic rings. The number of anilines is 1. The third-order valence-electron chi connectivity index (χ3n) is 2.50. The molecule has 0 unspecified atom stereocenters. The van der Waals surface area contributed by atoms with Crippen molar-refractivity contribution >= 4 is 28.3 Å². The number of benzene rings is 1. The number of nitrogens with one attached hydrogen (secondary N) is 1. The van der Waals surface area contributed by atoms with Crippen molar-refractivity contribution < 1.29 is 0 Å². The summed E-state index contributed by atoms with van der Waals surface area (Å²) in [5.41, 5.74) is 3.25. The van der Waals surface area contributed by atoms with Crippen LogP contribution in [-0.2, 0) is 0 Å². The number of hydrogen-bond donors (Lipinski definition) is 1. The molecule has 2 rings (SSSR count). The number of aryl methyl sites for hydroxylation is 2. The minimum absolute atomic E-state index is 0.762. The van der Waals surface area contributed by atoms with E-state index >= 15 is 0 Å². The van der Waals surface area contributed by atoms with Crippen LogP contribution in [0.15, 0.2) is 18.2 Å². The fraction of sp³-hybridized carbons (Fsp3) is 0.250. The van der Waals surface area contributed by atoms with Crippen LogP contribution in [0, 0.1) is 13.8 Å². The van der Waals surface area contributed by atoms with Gasteiger partial charge in [0.15, 0.2) is 0 Å². The molecule has 0 spiro atoms. The summed E-state index contributed by atoms with van der Waals surface area (Å²) in [5.74, 6) is 0.924. The van der Waals surface area contributed by atoms with E-state index in [-0.39, 0.29) is 0 Å². The molecule has 1 heterocycles. The molecule has 0 radical (unpaired) electrons. The van der Waals surface area contributed by atoms with E-state index in [4.69, 9.17) is 11.6 Å². The topological polar surface area (TPSA) is 24.9 Å². The van der Waals surface area contributed by atoms with E-state index in [9.17, 15) is 0 Å². The van der Waals surface area contributed by atoms with Crippen molar-refractivity contribution in [1.29, 1.82) is 0 Å². The quantitative estimate of drug-likeness (QED) is 0.795. The second-order valence-corrected chi connectivity index (χ2v) is 4.13. The lowest BCUT2D eigenvalue weighted by molar-refractivity contribution is 1.27. The highest BCUT2D eigenvalue weighted by molar-refractivity contribution is 6.31. The molecular weight excluding hydrogens is 208 g/mol. The first-order valence-corrected chi connectivity index (χ1v) is 5.25. The fourth-order valence-corrected chi connectivity index (χ4v) is 2.06. The maximum atomic E-state index is 6.01. The monoisotopic (exact) mass is 220 g/mol. The molecule has 3 heteroatoms. The van der Waals surface area contributed by atoms with E-state index in [0.29, 0.717) is 0 Å². The van der Waals surface area contributed by atoms with Crippen LogP contribution in [0.2, 0.25) is 5.02 Å². The van der Waals surface area contributed by atoms with Gasteiger partial charge in [-0.2, -0.15) is 0 Å². The average molecular weight is 221 g/mol. The van der Waals surface area contributed by atoms with Crippen molar-refractivity contribution in [2.45, 2.75) is 13.8 Å². The van der Waals surface area contributed by atoms with Crippen LogP contribution in [0.1, 0.15) is 11.1 Å². The Bertz CT molecular complexity index is 521. The summed E-state index contributed by atoms with van der Waals surface area (Å²) in [5, 5.41) is 4.94. The van der Waals surface area contributed by atoms with Crippen LogP contribution >= 0.6 is 11.6 Å². The molecule has 78 valence electrons. The zero-order valence-corrected chi connectivity index (χ0v) is 9.81. The third kappa shape index (κ3) is 1.77. The summed E-state index contributed by atoms with van der Waals surface area (Å²) in [7, 11) is 1.88. The number of aromatic nitrogens is 1. The summed E-state index contributed by atoms with van der Waals surface area (Å²) in [4.78, 5) is 4.56. The first kappa shape index (κ1) is 10.2. The van der Waals surface area contributed by atoms with Gasteiger partial charge in [-0.3, -0.25) is 0 Å². The molecule has 0 saturated heterocycles. The molecule has 0 fully saturated rings. The van der Waals surface area contributed by atoms with E-state index in [1.54, 1.807) is 0 Å². The lowest BCUT2D eigenvalue weighted by atomic mass is 10.1. The van der Waals surface area contributed by atoms with Crippen LogP contribution in [0.4, 0.5) is 5.82 Å². The normalized spacial score (nSPS) is 10.7. The molecule has 0 aliphatic rings. The predicted molar refractivity (Wildman–Crippen MR) is 65.8 cm³/mol. The number of fused-ring (bicyclic) bond motifs is 1. The van der Waals surface area contributed by atoms with Crippen molar-refractivity contribution in [3.8, 4) is 0 Å². The lowest BCUT2D eigenvalue weighted by Gasteiger charge is -2.08. The number of hydrogen-bond acceptors (Lipinski definition) is 2. The molecule has 0 amide bonds. The SMILES string of the molecule is CNc1nc2c(C)cc(Cl)cc2cc1C. The fourth-order valence-electron chi connectivity index (χ4n) is 1.78. The summed E-state index contributed by atoms with van der Waals surface area (Å²) >= 11 is 6.01. The second-order valence-electron chi connectivity index (χ2n) is 3.70. The van der Waals surface area contributed by atoms with Gasteiger partial charge < -0.3 is 5.32 Å². The van der Waals surface area contributed by atoms with Gasteiger partial charge in [-0.1, -0.05) is 11.6 Å². The molecule has 2 nitrogen and oxygen atoms in total. The van der Waals surface area contributed by atoms with Crippen LogP contribution in [0.5, 0.6) is 0 Å². The highest BCUT2D eigenvalue weighted by atomic mass is 35.5. The predicted octanol–water partition coefficient (Wildman–Crippen LogP) is 3.55. The molecule has 0 bridgehead atoms. The van der Waals surface area contributed by atoms with Crippen molar-refractivity contribution in [3.63, 3.8) is 0 Å². The van der Waals surface area contributed by atoms with Crippen LogP contribution in [0.3, 0.4) is 0 Å². The van der Waals surface area contributed by atoms with Gasteiger partial charge in [-0.15, -0.1) is 0 Å². The number of rotatable bonds is 1. The Hall–Kier alpha value is -1.28.